The van der Waals surface area contributed by atoms with Crippen LogP contribution in [0.5, 0.6) is 0 Å². The predicted molar refractivity (Wildman–Crippen MR) is 60.5 cm³/mol. The number of H-pyrrole nitrogens is 1. The highest BCUT2D eigenvalue weighted by Crippen LogP contribution is 2.45. The van der Waals surface area contributed by atoms with Crippen molar-refractivity contribution in [3.63, 3.8) is 0 Å². The Kier molecular flexibility index (Phi) is 1.88. The molecule has 1 aromatic heterocycles. The number of hydrogen-bond donors (Lipinski definition) is 1. The first kappa shape index (κ1) is 8.72. The van der Waals surface area contributed by atoms with E-state index in [1.54, 1.807) is 0 Å². The smallest absolute Gasteiger partial charge is 0.109 e. The largest absolute Gasteiger partial charge is 0.342 e. The maximum absolute atomic E-state index is 4.45. The number of imidazole rings is 1. The zero-order valence-corrected chi connectivity index (χ0v) is 8.77. The van der Waals surface area contributed by atoms with Crippen LogP contribution in [0.25, 0.3) is 11.3 Å². The lowest BCUT2D eigenvalue weighted by atomic mass is 10.2. The van der Waals surface area contributed by atoms with Crippen LogP contribution >= 0.6 is 0 Å². The van der Waals surface area contributed by atoms with Gasteiger partial charge in [0.1, 0.15) is 5.82 Å². The number of hydrogen-bond acceptors (Lipinski definition) is 1. The number of aromatic amines is 1. The summed E-state index contributed by atoms with van der Waals surface area (Å²) in [5, 5.41) is 0. The Bertz CT molecular complexity index is 458. The molecule has 1 aromatic carbocycles. The molecule has 2 nitrogen and oxygen atoms in total. The van der Waals surface area contributed by atoms with Gasteiger partial charge in [-0.05, 0) is 17.9 Å². The normalized spacial score (nSPS) is 24.1. The van der Waals surface area contributed by atoms with Crippen LogP contribution in [0.1, 0.15) is 25.1 Å². The van der Waals surface area contributed by atoms with E-state index in [1.807, 2.05) is 12.3 Å². The molecule has 0 radical (unpaired) electrons. The van der Waals surface area contributed by atoms with Crippen molar-refractivity contribution in [2.75, 3.05) is 0 Å². The molecular formula is C13H14N2. The van der Waals surface area contributed by atoms with E-state index in [2.05, 4.69) is 41.2 Å². The molecule has 1 N–H and O–H groups in total. The molecule has 2 heteroatoms. The zero-order chi connectivity index (χ0) is 10.3. The van der Waals surface area contributed by atoms with Crippen molar-refractivity contribution < 1.29 is 0 Å². The lowest BCUT2D eigenvalue weighted by molar-refractivity contribution is 0.863. The second kappa shape index (κ2) is 3.23. The van der Waals surface area contributed by atoms with Crippen molar-refractivity contribution in [3.8, 4) is 11.3 Å². The van der Waals surface area contributed by atoms with Gasteiger partial charge in [-0.1, -0.05) is 37.3 Å². The van der Waals surface area contributed by atoms with Crippen LogP contribution < -0.4 is 0 Å². The molecule has 1 fully saturated rings. The maximum Gasteiger partial charge on any atom is 0.109 e. The lowest BCUT2D eigenvalue weighted by Crippen LogP contribution is -1.84. The maximum atomic E-state index is 4.45. The topological polar surface area (TPSA) is 28.7 Å². The van der Waals surface area contributed by atoms with E-state index in [0.717, 1.165) is 17.4 Å². The summed E-state index contributed by atoms with van der Waals surface area (Å²) in [4.78, 5) is 7.86. The third kappa shape index (κ3) is 1.56. The van der Waals surface area contributed by atoms with Crippen LogP contribution in [0.4, 0.5) is 0 Å². The minimum atomic E-state index is 0.669. The van der Waals surface area contributed by atoms with E-state index >= 15 is 0 Å². The molecule has 0 saturated heterocycles. The number of aromatic nitrogens is 2. The standard InChI is InChI=1S/C13H14N2/c1-9-7-11(9)13-14-8-12(15-13)10-5-3-2-4-6-10/h2-6,8-9,11H,7H2,1H3,(H,14,15). The first-order chi connectivity index (χ1) is 7.34. The van der Waals surface area contributed by atoms with Crippen molar-refractivity contribution in [1.82, 2.24) is 9.97 Å². The molecule has 0 bridgehead atoms. The molecule has 3 rings (SSSR count). The molecule has 0 spiro atoms. The minimum Gasteiger partial charge on any atom is -0.342 e. The van der Waals surface area contributed by atoms with Gasteiger partial charge in [-0.2, -0.15) is 0 Å². The third-order valence-corrected chi connectivity index (χ3v) is 3.14. The minimum absolute atomic E-state index is 0.669. The van der Waals surface area contributed by atoms with E-state index in [4.69, 9.17) is 0 Å². The molecule has 0 amide bonds. The van der Waals surface area contributed by atoms with Gasteiger partial charge in [-0.3, -0.25) is 0 Å². The van der Waals surface area contributed by atoms with Crippen molar-refractivity contribution >= 4 is 0 Å². The first-order valence-electron chi connectivity index (χ1n) is 5.45. The van der Waals surface area contributed by atoms with Crippen LogP contribution in [0, 0.1) is 5.92 Å². The van der Waals surface area contributed by atoms with E-state index in [1.165, 1.54) is 12.0 Å². The van der Waals surface area contributed by atoms with Crippen LogP contribution in [0.15, 0.2) is 36.5 Å². The summed E-state index contributed by atoms with van der Waals surface area (Å²) in [6.07, 6.45) is 3.22. The summed E-state index contributed by atoms with van der Waals surface area (Å²) in [6.45, 7) is 2.27. The van der Waals surface area contributed by atoms with E-state index in [0.29, 0.717) is 5.92 Å². The fraction of sp³-hybridized carbons (Fsp3) is 0.308. The summed E-state index contributed by atoms with van der Waals surface area (Å²) in [6, 6.07) is 10.3. The molecule has 1 heterocycles. The van der Waals surface area contributed by atoms with Crippen LogP contribution in [-0.4, -0.2) is 9.97 Å². The average molecular weight is 198 g/mol. The van der Waals surface area contributed by atoms with Gasteiger partial charge in [0, 0.05) is 5.92 Å². The monoisotopic (exact) mass is 198 g/mol. The SMILES string of the molecule is CC1CC1c1ncc(-c2ccccc2)[nH]1. The summed E-state index contributed by atoms with van der Waals surface area (Å²) in [7, 11) is 0. The third-order valence-electron chi connectivity index (χ3n) is 3.14. The second-order valence-corrected chi connectivity index (χ2v) is 4.37. The Morgan fingerprint density at radius 3 is 2.67 bits per heavy atom. The molecule has 1 aliphatic carbocycles. The predicted octanol–water partition coefficient (Wildman–Crippen LogP) is 3.20. The Morgan fingerprint density at radius 2 is 2.00 bits per heavy atom. The number of rotatable bonds is 2. The highest BCUT2D eigenvalue weighted by Gasteiger charge is 2.36. The summed E-state index contributed by atoms with van der Waals surface area (Å²) in [5.41, 5.74) is 2.34. The molecule has 2 unspecified atom stereocenters. The fourth-order valence-electron chi connectivity index (χ4n) is 1.99. The van der Waals surface area contributed by atoms with Gasteiger partial charge >= 0.3 is 0 Å². The molecule has 2 atom stereocenters. The number of nitrogens with zero attached hydrogens (tertiary/aromatic N) is 1. The van der Waals surface area contributed by atoms with Gasteiger partial charge in [0.2, 0.25) is 0 Å². The van der Waals surface area contributed by atoms with E-state index in [-0.39, 0.29) is 0 Å². The molecule has 1 saturated carbocycles. The van der Waals surface area contributed by atoms with E-state index in [9.17, 15) is 0 Å². The molecular weight excluding hydrogens is 184 g/mol. The van der Waals surface area contributed by atoms with Gasteiger partial charge in [0.25, 0.3) is 0 Å². The van der Waals surface area contributed by atoms with E-state index < -0.39 is 0 Å². The summed E-state index contributed by atoms with van der Waals surface area (Å²) in [5.74, 6) is 2.63. The van der Waals surface area contributed by atoms with Gasteiger partial charge < -0.3 is 4.98 Å². The summed E-state index contributed by atoms with van der Waals surface area (Å²) < 4.78 is 0. The fourth-order valence-corrected chi connectivity index (χ4v) is 1.99. The van der Waals surface area contributed by atoms with Crippen LogP contribution in [-0.2, 0) is 0 Å². The van der Waals surface area contributed by atoms with Gasteiger partial charge in [0.05, 0.1) is 11.9 Å². The highest BCUT2D eigenvalue weighted by atomic mass is 14.9. The molecule has 0 aliphatic heterocycles. The quantitative estimate of drug-likeness (QED) is 0.788. The van der Waals surface area contributed by atoms with Gasteiger partial charge in [-0.25, -0.2) is 4.98 Å². The molecule has 15 heavy (non-hydrogen) atoms. The first-order valence-corrected chi connectivity index (χ1v) is 5.45. The summed E-state index contributed by atoms with van der Waals surface area (Å²) >= 11 is 0. The molecule has 76 valence electrons. The van der Waals surface area contributed by atoms with Gasteiger partial charge in [-0.15, -0.1) is 0 Å². The van der Waals surface area contributed by atoms with Crippen LogP contribution in [0.3, 0.4) is 0 Å². The van der Waals surface area contributed by atoms with Crippen molar-refractivity contribution in [2.24, 2.45) is 5.92 Å². The van der Waals surface area contributed by atoms with Gasteiger partial charge in [0.15, 0.2) is 0 Å². The Hall–Kier alpha value is -1.57. The van der Waals surface area contributed by atoms with Crippen molar-refractivity contribution in [1.29, 1.82) is 0 Å². The Labute approximate surface area is 89.4 Å². The van der Waals surface area contributed by atoms with Crippen molar-refractivity contribution in [3.05, 3.63) is 42.4 Å². The van der Waals surface area contributed by atoms with Crippen molar-refractivity contribution in [2.45, 2.75) is 19.3 Å². The average Bonchev–Trinajstić information content (AvgIpc) is 2.83. The number of benzene rings is 1. The van der Waals surface area contributed by atoms with Crippen LogP contribution in [0.2, 0.25) is 0 Å². The molecule has 2 aromatic rings. The lowest BCUT2D eigenvalue weighted by Gasteiger charge is -1.95. The Morgan fingerprint density at radius 1 is 1.27 bits per heavy atom. The Balaban J connectivity index is 1.91. The highest BCUT2D eigenvalue weighted by molar-refractivity contribution is 5.58. The zero-order valence-electron chi connectivity index (χ0n) is 8.77. The molecule has 1 aliphatic rings. The number of nitrogens with one attached hydrogen (secondary N) is 1. The second-order valence-electron chi connectivity index (χ2n) is 4.37.